The van der Waals surface area contributed by atoms with Crippen molar-refractivity contribution in [1.29, 1.82) is 0 Å². The van der Waals surface area contributed by atoms with E-state index >= 15 is 0 Å². The summed E-state index contributed by atoms with van der Waals surface area (Å²) in [7, 11) is 0. The maximum atomic E-state index is 10.8. The van der Waals surface area contributed by atoms with Gasteiger partial charge in [-0.15, -0.1) is 0 Å². The first-order chi connectivity index (χ1) is 7.18. The van der Waals surface area contributed by atoms with Crippen molar-refractivity contribution in [3.63, 3.8) is 0 Å². The normalized spacial score (nSPS) is 15.6. The number of nitrogens with zero attached hydrogens (tertiary/aromatic N) is 2. The van der Waals surface area contributed by atoms with E-state index in [0.29, 0.717) is 5.69 Å². The molecule has 1 aliphatic rings. The standard InChI is InChI=1S/C10H12N2O3/c13-8-3-4-9(10(7-8)12(14)15)11-5-1-2-6-11/h3-4,7,13H,1-2,5-6H2. The zero-order valence-corrected chi connectivity index (χ0v) is 8.22. The molecule has 5 nitrogen and oxygen atoms in total. The molecule has 80 valence electrons. The van der Waals surface area contributed by atoms with Crippen LogP contribution in [0.3, 0.4) is 0 Å². The van der Waals surface area contributed by atoms with Crippen molar-refractivity contribution in [2.75, 3.05) is 18.0 Å². The maximum absolute atomic E-state index is 10.8. The van der Waals surface area contributed by atoms with Crippen LogP contribution in [0.5, 0.6) is 5.75 Å². The molecule has 0 radical (unpaired) electrons. The van der Waals surface area contributed by atoms with E-state index in [1.54, 1.807) is 6.07 Å². The Hall–Kier alpha value is -1.78. The molecule has 1 aromatic rings. The van der Waals surface area contributed by atoms with Crippen LogP contribution in [-0.4, -0.2) is 23.1 Å². The van der Waals surface area contributed by atoms with Crippen LogP contribution in [0.4, 0.5) is 11.4 Å². The first-order valence-corrected chi connectivity index (χ1v) is 4.91. The van der Waals surface area contributed by atoms with Crippen LogP contribution in [0.2, 0.25) is 0 Å². The van der Waals surface area contributed by atoms with E-state index in [-0.39, 0.29) is 11.4 Å². The highest BCUT2D eigenvalue weighted by Gasteiger charge is 2.22. The number of hydrogen-bond donors (Lipinski definition) is 1. The lowest BCUT2D eigenvalue weighted by Gasteiger charge is -2.17. The van der Waals surface area contributed by atoms with Gasteiger partial charge in [-0.05, 0) is 25.0 Å². The number of phenolic OH excluding ortho intramolecular Hbond substituents is 1. The zero-order chi connectivity index (χ0) is 10.8. The third kappa shape index (κ3) is 1.86. The van der Waals surface area contributed by atoms with E-state index in [9.17, 15) is 15.2 Å². The van der Waals surface area contributed by atoms with Gasteiger partial charge in [0.1, 0.15) is 11.4 Å². The van der Waals surface area contributed by atoms with E-state index in [1.807, 2.05) is 4.90 Å². The van der Waals surface area contributed by atoms with Gasteiger partial charge in [0.2, 0.25) is 0 Å². The number of hydrogen-bond acceptors (Lipinski definition) is 4. The number of nitro benzene ring substituents is 1. The number of aromatic hydroxyl groups is 1. The van der Waals surface area contributed by atoms with Crippen LogP contribution in [-0.2, 0) is 0 Å². The predicted octanol–water partition coefficient (Wildman–Crippen LogP) is 1.90. The fourth-order valence-electron chi connectivity index (χ4n) is 1.88. The van der Waals surface area contributed by atoms with E-state index in [4.69, 9.17) is 0 Å². The summed E-state index contributed by atoms with van der Waals surface area (Å²) in [4.78, 5) is 12.3. The number of nitro groups is 1. The van der Waals surface area contributed by atoms with Gasteiger partial charge in [-0.3, -0.25) is 10.1 Å². The van der Waals surface area contributed by atoms with Crippen molar-refractivity contribution in [2.24, 2.45) is 0 Å². The SMILES string of the molecule is O=[N+]([O-])c1cc(O)ccc1N1CCCC1. The minimum atomic E-state index is -0.451. The Labute approximate surface area is 87.1 Å². The molecule has 0 bridgehead atoms. The largest absolute Gasteiger partial charge is 0.508 e. The molecule has 1 aromatic carbocycles. The van der Waals surface area contributed by atoms with Gasteiger partial charge in [-0.1, -0.05) is 0 Å². The number of phenols is 1. The Bertz CT molecular complexity index is 386. The van der Waals surface area contributed by atoms with Crippen molar-refractivity contribution < 1.29 is 10.0 Å². The molecule has 0 aliphatic carbocycles. The fraction of sp³-hybridized carbons (Fsp3) is 0.400. The molecule has 1 heterocycles. The molecule has 0 amide bonds. The first-order valence-electron chi connectivity index (χ1n) is 4.91. The van der Waals surface area contributed by atoms with Gasteiger partial charge >= 0.3 is 0 Å². The summed E-state index contributed by atoms with van der Waals surface area (Å²) in [6.07, 6.45) is 2.13. The summed E-state index contributed by atoms with van der Waals surface area (Å²) >= 11 is 0. The quantitative estimate of drug-likeness (QED) is 0.595. The smallest absolute Gasteiger partial charge is 0.296 e. The molecule has 0 atom stereocenters. The second-order valence-corrected chi connectivity index (χ2v) is 3.62. The minimum Gasteiger partial charge on any atom is -0.508 e. The molecular formula is C10H12N2O3. The number of benzene rings is 1. The second-order valence-electron chi connectivity index (χ2n) is 3.62. The van der Waals surface area contributed by atoms with Gasteiger partial charge in [-0.2, -0.15) is 0 Å². The second kappa shape index (κ2) is 3.76. The Morgan fingerprint density at radius 2 is 2.00 bits per heavy atom. The van der Waals surface area contributed by atoms with Crippen molar-refractivity contribution in [3.8, 4) is 5.75 Å². The lowest BCUT2D eigenvalue weighted by atomic mass is 10.2. The molecule has 1 saturated heterocycles. The maximum Gasteiger partial charge on any atom is 0.296 e. The van der Waals surface area contributed by atoms with E-state index < -0.39 is 4.92 Å². The molecule has 2 rings (SSSR count). The van der Waals surface area contributed by atoms with Crippen LogP contribution in [0.15, 0.2) is 18.2 Å². The molecule has 0 aromatic heterocycles. The third-order valence-corrected chi connectivity index (χ3v) is 2.60. The Balaban J connectivity index is 2.40. The van der Waals surface area contributed by atoms with Crippen LogP contribution in [0.1, 0.15) is 12.8 Å². The third-order valence-electron chi connectivity index (χ3n) is 2.60. The average Bonchev–Trinajstić information content (AvgIpc) is 2.70. The highest BCUT2D eigenvalue weighted by atomic mass is 16.6. The van der Waals surface area contributed by atoms with Crippen LogP contribution >= 0.6 is 0 Å². The summed E-state index contributed by atoms with van der Waals surface area (Å²) in [6, 6.07) is 4.30. The van der Waals surface area contributed by atoms with Crippen molar-refractivity contribution in [1.82, 2.24) is 0 Å². The number of anilines is 1. The average molecular weight is 208 g/mol. The Morgan fingerprint density at radius 3 is 2.60 bits per heavy atom. The summed E-state index contributed by atoms with van der Waals surface area (Å²) in [5.41, 5.74) is 0.590. The van der Waals surface area contributed by atoms with E-state index in [1.165, 1.54) is 12.1 Å². The van der Waals surface area contributed by atoms with E-state index in [0.717, 1.165) is 25.9 Å². The minimum absolute atomic E-state index is 0.0168. The van der Waals surface area contributed by atoms with Crippen molar-refractivity contribution in [2.45, 2.75) is 12.8 Å². The van der Waals surface area contributed by atoms with E-state index in [2.05, 4.69) is 0 Å². The van der Waals surface area contributed by atoms with Gasteiger partial charge in [0.25, 0.3) is 5.69 Å². The Kier molecular flexibility index (Phi) is 2.45. The summed E-state index contributed by atoms with van der Waals surface area (Å²) in [5, 5.41) is 20.0. The number of rotatable bonds is 2. The Morgan fingerprint density at radius 1 is 1.33 bits per heavy atom. The molecular weight excluding hydrogens is 196 g/mol. The van der Waals surface area contributed by atoms with Crippen molar-refractivity contribution >= 4 is 11.4 Å². The van der Waals surface area contributed by atoms with Crippen LogP contribution < -0.4 is 4.90 Å². The molecule has 5 heteroatoms. The predicted molar refractivity (Wildman–Crippen MR) is 56.2 cm³/mol. The van der Waals surface area contributed by atoms with Gasteiger partial charge in [0.15, 0.2) is 0 Å². The lowest BCUT2D eigenvalue weighted by Crippen LogP contribution is -2.18. The van der Waals surface area contributed by atoms with Crippen LogP contribution in [0.25, 0.3) is 0 Å². The van der Waals surface area contributed by atoms with Gasteiger partial charge < -0.3 is 10.0 Å². The molecule has 15 heavy (non-hydrogen) atoms. The summed E-state index contributed by atoms with van der Waals surface area (Å²) in [6.45, 7) is 1.71. The molecule has 1 N–H and O–H groups in total. The zero-order valence-electron chi connectivity index (χ0n) is 8.22. The highest BCUT2D eigenvalue weighted by Crippen LogP contribution is 2.33. The topological polar surface area (TPSA) is 66.6 Å². The molecule has 0 unspecified atom stereocenters. The van der Waals surface area contributed by atoms with Gasteiger partial charge in [0, 0.05) is 13.1 Å². The molecule has 0 spiro atoms. The molecule has 0 saturated carbocycles. The first kappa shape index (κ1) is 9.76. The molecule has 1 aliphatic heterocycles. The monoisotopic (exact) mass is 208 g/mol. The summed E-state index contributed by atoms with van der Waals surface area (Å²) in [5.74, 6) is -0.0651. The highest BCUT2D eigenvalue weighted by molar-refractivity contribution is 5.65. The lowest BCUT2D eigenvalue weighted by molar-refractivity contribution is -0.384. The van der Waals surface area contributed by atoms with Gasteiger partial charge in [0.05, 0.1) is 11.0 Å². The van der Waals surface area contributed by atoms with Crippen molar-refractivity contribution in [3.05, 3.63) is 28.3 Å². The van der Waals surface area contributed by atoms with Crippen LogP contribution in [0, 0.1) is 10.1 Å². The molecule has 1 fully saturated rings. The summed E-state index contributed by atoms with van der Waals surface area (Å²) < 4.78 is 0. The fourth-order valence-corrected chi connectivity index (χ4v) is 1.88. The van der Waals surface area contributed by atoms with Gasteiger partial charge in [-0.25, -0.2) is 0 Å².